The quantitative estimate of drug-likeness (QED) is 0.690. The number of Topliss-reactive ketones (excluding diaryl/α,β-unsaturated/α-hetero) is 2. The monoisotopic (exact) mass is 228 g/mol. The van der Waals surface area contributed by atoms with E-state index >= 15 is 0 Å². The molecular weight excluding hydrogens is 208 g/mol. The van der Waals surface area contributed by atoms with Gasteiger partial charge in [0.25, 0.3) is 0 Å². The average Bonchev–Trinajstić information content (AvgIpc) is 2.21. The summed E-state index contributed by atoms with van der Waals surface area (Å²) in [5.74, 6) is -1.46. The fraction of sp³-hybridized carbons (Fsp3) is 0.750. The number of aliphatic carboxylic acids is 1. The van der Waals surface area contributed by atoms with Crippen molar-refractivity contribution in [3.8, 4) is 0 Å². The molecule has 0 saturated carbocycles. The first-order chi connectivity index (χ1) is 7.38. The highest BCUT2D eigenvalue weighted by molar-refractivity contribution is 5.88. The van der Waals surface area contributed by atoms with E-state index in [9.17, 15) is 14.4 Å². The molecule has 0 aromatic rings. The van der Waals surface area contributed by atoms with Crippen LogP contribution in [0.25, 0.3) is 0 Å². The van der Waals surface area contributed by atoms with Crippen molar-refractivity contribution >= 4 is 17.5 Å². The van der Waals surface area contributed by atoms with Crippen LogP contribution in [0.5, 0.6) is 0 Å². The lowest BCUT2D eigenvalue weighted by atomic mass is 9.89. The van der Waals surface area contributed by atoms with Gasteiger partial charge in [-0.15, -0.1) is 0 Å². The summed E-state index contributed by atoms with van der Waals surface area (Å²) in [6, 6.07) is 0. The molecule has 0 aromatic carbocycles. The maximum Gasteiger partial charge on any atom is 0.303 e. The Balaban J connectivity index is 4.28. The standard InChI is InChI=1S/C12H20O4/c1-4-8(2)11(14)7-10(9(3)13)5-6-12(15)16/h8,10H,4-7H2,1-3H3,(H,15,16)/t8-,10-/m1/s1. The zero-order valence-electron chi connectivity index (χ0n) is 10.2. The zero-order chi connectivity index (χ0) is 12.7. The number of rotatable bonds is 8. The second kappa shape index (κ2) is 7.14. The molecule has 92 valence electrons. The van der Waals surface area contributed by atoms with Gasteiger partial charge in [-0.3, -0.25) is 14.4 Å². The van der Waals surface area contributed by atoms with Gasteiger partial charge in [0.2, 0.25) is 0 Å². The van der Waals surface area contributed by atoms with Crippen LogP contribution >= 0.6 is 0 Å². The Labute approximate surface area is 96.0 Å². The van der Waals surface area contributed by atoms with Crippen LogP contribution in [0.15, 0.2) is 0 Å². The number of ketones is 2. The highest BCUT2D eigenvalue weighted by Gasteiger charge is 2.21. The smallest absolute Gasteiger partial charge is 0.303 e. The van der Waals surface area contributed by atoms with Crippen LogP contribution in [-0.4, -0.2) is 22.6 Å². The summed E-state index contributed by atoms with van der Waals surface area (Å²) >= 11 is 0. The minimum absolute atomic E-state index is 0.0492. The maximum atomic E-state index is 11.6. The number of carbonyl (C=O) groups is 3. The second-order valence-electron chi connectivity index (χ2n) is 4.22. The lowest BCUT2D eigenvalue weighted by Crippen LogP contribution is -2.20. The average molecular weight is 228 g/mol. The van der Waals surface area contributed by atoms with Crippen LogP contribution in [-0.2, 0) is 14.4 Å². The number of carbonyl (C=O) groups excluding carboxylic acids is 2. The molecule has 2 atom stereocenters. The van der Waals surface area contributed by atoms with E-state index in [4.69, 9.17) is 5.11 Å². The third-order valence-electron chi connectivity index (χ3n) is 2.89. The van der Waals surface area contributed by atoms with E-state index < -0.39 is 11.9 Å². The lowest BCUT2D eigenvalue weighted by molar-refractivity contribution is -0.138. The number of hydrogen-bond donors (Lipinski definition) is 1. The molecule has 4 nitrogen and oxygen atoms in total. The molecular formula is C12H20O4. The molecule has 0 amide bonds. The fourth-order valence-corrected chi connectivity index (χ4v) is 1.42. The van der Waals surface area contributed by atoms with E-state index in [0.717, 1.165) is 6.42 Å². The predicted octanol–water partition coefficient (Wildman–Crippen LogP) is 2.06. The third-order valence-corrected chi connectivity index (χ3v) is 2.89. The zero-order valence-corrected chi connectivity index (χ0v) is 10.2. The summed E-state index contributed by atoms with van der Waals surface area (Å²) in [7, 11) is 0. The van der Waals surface area contributed by atoms with Crippen molar-refractivity contribution in [1.82, 2.24) is 0 Å². The van der Waals surface area contributed by atoms with Crippen molar-refractivity contribution in [3.05, 3.63) is 0 Å². The van der Waals surface area contributed by atoms with Crippen LogP contribution < -0.4 is 0 Å². The molecule has 0 saturated heterocycles. The van der Waals surface area contributed by atoms with Crippen LogP contribution in [0.4, 0.5) is 0 Å². The van der Waals surface area contributed by atoms with Gasteiger partial charge in [-0.25, -0.2) is 0 Å². The van der Waals surface area contributed by atoms with Gasteiger partial charge >= 0.3 is 5.97 Å². The molecule has 4 heteroatoms. The van der Waals surface area contributed by atoms with Gasteiger partial charge in [-0.2, -0.15) is 0 Å². The minimum atomic E-state index is -0.928. The van der Waals surface area contributed by atoms with Gasteiger partial charge in [-0.05, 0) is 19.8 Å². The molecule has 0 bridgehead atoms. The van der Waals surface area contributed by atoms with Crippen molar-refractivity contribution in [3.63, 3.8) is 0 Å². The van der Waals surface area contributed by atoms with E-state index in [1.54, 1.807) is 0 Å². The Bertz CT molecular complexity index is 270. The van der Waals surface area contributed by atoms with Crippen molar-refractivity contribution in [2.24, 2.45) is 11.8 Å². The van der Waals surface area contributed by atoms with Crippen LogP contribution in [0.1, 0.15) is 46.5 Å². The molecule has 0 radical (unpaired) electrons. The Morgan fingerprint density at radius 3 is 2.19 bits per heavy atom. The summed E-state index contributed by atoms with van der Waals surface area (Å²) in [6.07, 6.45) is 1.13. The highest BCUT2D eigenvalue weighted by atomic mass is 16.4. The molecule has 0 aliphatic heterocycles. The minimum Gasteiger partial charge on any atom is -0.481 e. The Kier molecular flexibility index (Phi) is 6.61. The van der Waals surface area contributed by atoms with Crippen LogP contribution in [0.3, 0.4) is 0 Å². The second-order valence-corrected chi connectivity index (χ2v) is 4.22. The number of carboxylic acids is 1. The molecule has 0 unspecified atom stereocenters. The molecule has 0 heterocycles. The van der Waals surface area contributed by atoms with Crippen molar-refractivity contribution in [2.45, 2.75) is 46.5 Å². The number of hydrogen-bond acceptors (Lipinski definition) is 3. The normalized spacial score (nSPS) is 14.2. The molecule has 0 fully saturated rings. The first-order valence-corrected chi connectivity index (χ1v) is 5.63. The van der Waals surface area contributed by atoms with Gasteiger partial charge in [0, 0.05) is 24.7 Å². The van der Waals surface area contributed by atoms with Gasteiger partial charge in [0.15, 0.2) is 0 Å². The predicted molar refractivity (Wildman–Crippen MR) is 60.1 cm³/mol. The Hall–Kier alpha value is -1.19. The van der Waals surface area contributed by atoms with Crippen molar-refractivity contribution in [1.29, 1.82) is 0 Å². The summed E-state index contributed by atoms with van der Waals surface area (Å²) in [5, 5.41) is 8.54. The largest absolute Gasteiger partial charge is 0.481 e. The van der Waals surface area contributed by atoms with E-state index in [0.29, 0.717) is 0 Å². The molecule has 0 aliphatic carbocycles. The van der Waals surface area contributed by atoms with Crippen molar-refractivity contribution in [2.75, 3.05) is 0 Å². The summed E-state index contributed by atoms with van der Waals surface area (Å²) < 4.78 is 0. The first-order valence-electron chi connectivity index (χ1n) is 5.63. The Morgan fingerprint density at radius 2 is 1.81 bits per heavy atom. The fourth-order valence-electron chi connectivity index (χ4n) is 1.42. The Morgan fingerprint density at radius 1 is 1.25 bits per heavy atom. The third kappa shape index (κ3) is 5.63. The summed E-state index contributed by atoms with van der Waals surface area (Å²) in [4.78, 5) is 33.3. The molecule has 0 aromatic heterocycles. The van der Waals surface area contributed by atoms with E-state index in [1.807, 2.05) is 13.8 Å². The van der Waals surface area contributed by atoms with E-state index in [-0.39, 0.29) is 36.7 Å². The first kappa shape index (κ1) is 14.8. The van der Waals surface area contributed by atoms with Gasteiger partial charge in [0.05, 0.1) is 0 Å². The lowest BCUT2D eigenvalue weighted by Gasteiger charge is -2.14. The number of carboxylic acid groups (broad SMARTS) is 1. The van der Waals surface area contributed by atoms with E-state index in [2.05, 4.69) is 0 Å². The van der Waals surface area contributed by atoms with Crippen LogP contribution in [0.2, 0.25) is 0 Å². The molecule has 16 heavy (non-hydrogen) atoms. The molecule has 0 spiro atoms. The van der Waals surface area contributed by atoms with E-state index in [1.165, 1.54) is 6.92 Å². The van der Waals surface area contributed by atoms with Crippen LogP contribution in [0, 0.1) is 11.8 Å². The van der Waals surface area contributed by atoms with Gasteiger partial charge in [-0.1, -0.05) is 13.8 Å². The highest BCUT2D eigenvalue weighted by Crippen LogP contribution is 2.17. The van der Waals surface area contributed by atoms with Crippen molar-refractivity contribution < 1.29 is 19.5 Å². The van der Waals surface area contributed by atoms with Gasteiger partial charge in [0.1, 0.15) is 11.6 Å². The molecule has 0 rings (SSSR count). The molecule has 1 N–H and O–H groups in total. The van der Waals surface area contributed by atoms with Gasteiger partial charge < -0.3 is 5.11 Å². The topological polar surface area (TPSA) is 71.4 Å². The summed E-state index contributed by atoms with van der Waals surface area (Å²) in [5.41, 5.74) is 0. The molecule has 0 aliphatic rings. The maximum absolute atomic E-state index is 11.6. The SMILES string of the molecule is CC[C@@H](C)C(=O)C[C@@H](CCC(=O)O)C(C)=O. The summed E-state index contributed by atoms with van der Waals surface area (Å²) in [6.45, 7) is 5.16.